The number of hydrogen-bond acceptors (Lipinski definition) is 2. The van der Waals surface area contributed by atoms with Gasteiger partial charge in [0.2, 0.25) is 0 Å². The predicted molar refractivity (Wildman–Crippen MR) is 84.2 cm³/mol. The Balaban J connectivity index is 1.56. The monoisotopic (exact) mass is 301 g/mol. The van der Waals surface area contributed by atoms with Gasteiger partial charge in [-0.1, -0.05) is 42.5 Å². The van der Waals surface area contributed by atoms with Crippen molar-refractivity contribution in [3.8, 4) is 0 Å². The summed E-state index contributed by atoms with van der Waals surface area (Å²) in [6.07, 6.45) is 1.83. The third-order valence-electron chi connectivity index (χ3n) is 3.26. The van der Waals surface area contributed by atoms with Crippen LogP contribution in [0.3, 0.4) is 0 Å². The fourth-order valence-corrected chi connectivity index (χ4v) is 2.14. The molecule has 1 amide bonds. The molecule has 0 aliphatic rings. The maximum absolute atomic E-state index is 13.0. The molecule has 0 radical (unpaired) electrons. The minimum Gasteiger partial charge on any atom is -0.450 e. The Morgan fingerprint density at radius 2 is 1.77 bits per heavy atom. The zero-order valence-electron chi connectivity index (χ0n) is 12.4. The largest absolute Gasteiger partial charge is 0.450 e. The molecule has 2 rings (SSSR count). The number of benzene rings is 2. The fourth-order valence-electron chi connectivity index (χ4n) is 2.14. The van der Waals surface area contributed by atoms with Crippen molar-refractivity contribution in [3.05, 3.63) is 71.5 Å². The van der Waals surface area contributed by atoms with Crippen molar-refractivity contribution in [2.24, 2.45) is 0 Å². The van der Waals surface area contributed by atoms with E-state index in [1.807, 2.05) is 24.3 Å². The van der Waals surface area contributed by atoms with Crippen molar-refractivity contribution in [3.63, 3.8) is 0 Å². The van der Waals surface area contributed by atoms with Crippen LogP contribution in [0.1, 0.15) is 17.5 Å². The van der Waals surface area contributed by atoms with E-state index in [0.29, 0.717) is 19.6 Å². The highest BCUT2D eigenvalue weighted by atomic mass is 19.1. The summed E-state index contributed by atoms with van der Waals surface area (Å²) < 4.78 is 18.1. The van der Waals surface area contributed by atoms with Crippen LogP contribution in [0.15, 0.2) is 54.6 Å². The van der Waals surface area contributed by atoms with Crippen LogP contribution >= 0.6 is 0 Å². The number of hydrogen-bond donors (Lipinski definition) is 1. The Morgan fingerprint density at radius 1 is 1.00 bits per heavy atom. The second-order valence-corrected chi connectivity index (χ2v) is 5.03. The molecule has 0 saturated carbocycles. The van der Waals surface area contributed by atoms with E-state index in [2.05, 4.69) is 17.4 Å². The van der Waals surface area contributed by atoms with Crippen molar-refractivity contribution < 1.29 is 13.9 Å². The van der Waals surface area contributed by atoms with E-state index < -0.39 is 6.09 Å². The summed E-state index contributed by atoms with van der Waals surface area (Å²) in [5.41, 5.74) is 2.09. The molecule has 2 aromatic carbocycles. The van der Waals surface area contributed by atoms with Crippen molar-refractivity contribution in [1.29, 1.82) is 0 Å². The second kappa shape index (κ2) is 8.82. The van der Waals surface area contributed by atoms with Crippen LogP contribution in [0.4, 0.5) is 9.18 Å². The third kappa shape index (κ3) is 5.95. The van der Waals surface area contributed by atoms with Gasteiger partial charge in [0, 0.05) is 6.54 Å². The lowest BCUT2D eigenvalue weighted by Crippen LogP contribution is -2.26. The quantitative estimate of drug-likeness (QED) is 0.791. The maximum Gasteiger partial charge on any atom is 0.407 e. The molecule has 0 atom stereocenters. The Kier molecular flexibility index (Phi) is 6.42. The number of nitrogens with one attached hydrogen (secondary N) is 1. The summed E-state index contributed by atoms with van der Waals surface area (Å²) in [7, 11) is 0. The van der Waals surface area contributed by atoms with Crippen LogP contribution in [0.2, 0.25) is 0 Å². The standard InChI is InChI=1S/C18H20FNO2/c19-17-10-4-8-16(14-17)11-12-20-18(21)22-13-5-9-15-6-2-1-3-7-15/h1-4,6-8,10,14H,5,9,11-13H2,(H,20,21). The van der Waals surface area contributed by atoms with Gasteiger partial charge in [-0.3, -0.25) is 0 Å². The molecule has 0 bridgehead atoms. The number of halogens is 1. The molecular formula is C18H20FNO2. The lowest BCUT2D eigenvalue weighted by molar-refractivity contribution is 0.145. The first-order valence-corrected chi connectivity index (χ1v) is 7.43. The van der Waals surface area contributed by atoms with E-state index in [-0.39, 0.29) is 5.82 Å². The highest BCUT2D eigenvalue weighted by molar-refractivity contribution is 5.67. The van der Waals surface area contributed by atoms with Crippen molar-refractivity contribution in [1.82, 2.24) is 5.32 Å². The van der Waals surface area contributed by atoms with Crippen molar-refractivity contribution in [2.45, 2.75) is 19.3 Å². The van der Waals surface area contributed by atoms with E-state index in [0.717, 1.165) is 18.4 Å². The van der Waals surface area contributed by atoms with Gasteiger partial charge in [0.15, 0.2) is 0 Å². The molecule has 0 heterocycles. The summed E-state index contributed by atoms with van der Waals surface area (Å²) in [5.74, 6) is -0.263. The lowest BCUT2D eigenvalue weighted by atomic mass is 10.1. The van der Waals surface area contributed by atoms with Crippen LogP contribution < -0.4 is 5.32 Å². The average Bonchev–Trinajstić information content (AvgIpc) is 2.53. The zero-order valence-corrected chi connectivity index (χ0v) is 12.4. The van der Waals surface area contributed by atoms with E-state index in [9.17, 15) is 9.18 Å². The Bertz CT molecular complexity index is 587. The van der Waals surface area contributed by atoms with Crippen LogP contribution in [0.25, 0.3) is 0 Å². The van der Waals surface area contributed by atoms with Crippen molar-refractivity contribution >= 4 is 6.09 Å². The molecule has 2 aromatic rings. The Hall–Kier alpha value is -2.36. The zero-order chi connectivity index (χ0) is 15.6. The number of ether oxygens (including phenoxy) is 1. The summed E-state index contributed by atoms with van der Waals surface area (Å²) in [5, 5.41) is 2.67. The van der Waals surface area contributed by atoms with Crippen LogP contribution in [-0.4, -0.2) is 19.2 Å². The first kappa shape index (κ1) is 16.0. The molecular weight excluding hydrogens is 281 g/mol. The molecule has 4 heteroatoms. The number of amides is 1. The lowest BCUT2D eigenvalue weighted by Gasteiger charge is -2.07. The summed E-state index contributed by atoms with van der Waals surface area (Å²) in [4.78, 5) is 11.5. The SMILES string of the molecule is O=C(NCCc1cccc(F)c1)OCCCc1ccccc1. The number of alkyl carbamates (subject to hydrolysis) is 1. The summed E-state index contributed by atoms with van der Waals surface area (Å²) >= 11 is 0. The Morgan fingerprint density at radius 3 is 2.55 bits per heavy atom. The van der Waals surface area contributed by atoms with Gasteiger partial charge >= 0.3 is 6.09 Å². The maximum atomic E-state index is 13.0. The van der Waals surface area contributed by atoms with Gasteiger partial charge in [-0.2, -0.15) is 0 Å². The first-order valence-electron chi connectivity index (χ1n) is 7.43. The molecule has 0 aliphatic carbocycles. The number of aryl methyl sites for hydroxylation is 1. The Labute approximate surface area is 130 Å². The highest BCUT2D eigenvalue weighted by Crippen LogP contribution is 2.04. The number of rotatable bonds is 7. The van der Waals surface area contributed by atoms with E-state index in [1.165, 1.54) is 17.7 Å². The number of carbonyl (C=O) groups excluding carboxylic acids is 1. The average molecular weight is 301 g/mol. The third-order valence-corrected chi connectivity index (χ3v) is 3.26. The first-order chi connectivity index (χ1) is 10.7. The van der Waals surface area contributed by atoms with Gasteiger partial charge < -0.3 is 10.1 Å². The van der Waals surface area contributed by atoms with Crippen LogP contribution in [-0.2, 0) is 17.6 Å². The smallest absolute Gasteiger partial charge is 0.407 e. The molecule has 0 spiro atoms. The molecule has 1 N–H and O–H groups in total. The molecule has 0 saturated heterocycles. The summed E-state index contributed by atoms with van der Waals surface area (Å²) in [6.45, 7) is 0.821. The van der Waals surface area contributed by atoms with Crippen LogP contribution in [0.5, 0.6) is 0 Å². The minimum atomic E-state index is -0.426. The topological polar surface area (TPSA) is 38.3 Å². The number of carbonyl (C=O) groups is 1. The fraction of sp³-hybridized carbons (Fsp3) is 0.278. The van der Waals surface area contributed by atoms with Gasteiger partial charge in [-0.25, -0.2) is 9.18 Å². The van der Waals surface area contributed by atoms with Gasteiger partial charge in [0.05, 0.1) is 6.61 Å². The molecule has 0 unspecified atom stereocenters. The van der Waals surface area contributed by atoms with E-state index in [4.69, 9.17) is 4.74 Å². The molecule has 0 fully saturated rings. The van der Waals surface area contributed by atoms with Gasteiger partial charge in [0.1, 0.15) is 5.82 Å². The molecule has 22 heavy (non-hydrogen) atoms. The van der Waals surface area contributed by atoms with Crippen LogP contribution in [0, 0.1) is 5.82 Å². The predicted octanol–water partition coefficient (Wildman–Crippen LogP) is 3.73. The van der Waals surface area contributed by atoms with Gasteiger partial charge in [-0.15, -0.1) is 0 Å². The molecule has 0 aliphatic heterocycles. The highest BCUT2D eigenvalue weighted by Gasteiger charge is 2.02. The normalized spacial score (nSPS) is 10.2. The van der Waals surface area contributed by atoms with Gasteiger partial charge in [-0.05, 0) is 42.5 Å². The second-order valence-electron chi connectivity index (χ2n) is 5.03. The van der Waals surface area contributed by atoms with E-state index in [1.54, 1.807) is 6.07 Å². The minimum absolute atomic E-state index is 0.263. The molecule has 116 valence electrons. The van der Waals surface area contributed by atoms with Gasteiger partial charge in [0.25, 0.3) is 0 Å². The summed E-state index contributed by atoms with van der Waals surface area (Å²) in [6, 6.07) is 16.4. The molecule has 3 nitrogen and oxygen atoms in total. The van der Waals surface area contributed by atoms with E-state index >= 15 is 0 Å². The van der Waals surface area contributed by atoms with Crippen molar-refractivity contribution in [2.75, 3.05) is 13.2 Å². The molecule has 0 aromatic heterocycles.